The fourth-order valence-electron chi connectivity index (χ4n) is 2.73. The fourth-order valence-corrected chi connectivity index (χ4v) is 4.42. The van der Waals surface area contributed by atoms with Gasteiger partial charge in [-0.15, -0.1) is 0 Å². The Labute approximate surface area is 126 Å². The molecule has 120 valence electrons. The molecule has 0 aliphatic carbocycles. The van der Waals surface area contributed by atoms with Crippen LogP contribution in [-0.4, -0.2) is 46.1 Å². The van der Waals surface area contributed by atoms with E-state index in [1.165, 1.54) is 4.31 Å². The third-order valence-electron chi connectivity index (χ3n) is 4.31. The lowest BCUT2D eigenvalue weighted by molar-refractivity contribution is 0.0830. The normalized spacial score (nSPS) is 23.9. The van der Waals surface area contributed by atoms with Gasteiger partial charge in [-0.05, 0) is 33.1 Å². The molecule has 1 aliphatic heterocycles. The maximum Gasteiger partial charge on any atom is 0.262 e. The molecule has 1 aromatic rings. The number of sulfonamides is 1. The van der Waals surface area contributed by atoms with Crippen LogP contribution in [0.2, 0.25) is 0 Å². The van der Waals surface area contributed by atoms with Gasteiger partial charge in [-0.2, -0.15) is 4.31 Å². The molecular formula is C14H25N3O3S. The molecule has 1 aromatic heterocycles. The second kappa shape index (κ2) is 6.46. The van der Waals surface area contributed by atoms with E-state index in [4.69, 9.17) is 0 Å². The summed E-state index contributed by atoms with van der Waals surface area (Å²) in [6.07, 6.45) is 5.88. The first-order valence-electron chi connectivity index (χ1n) is 7.61. The molecule has 3 atom stereocenters. The zero-order valence-electron chi connectivity index (χ0n) is 12.9. The van der Waals surface area contributed by atoms with Crippen molar-refractivity contribution in [2.24, 2.45) is 0 Å². The lowest BCUT2D eigenvalue weighted by Crippen LogP contribution is -2.48. The Bertz CT molecular complexity index is 568. The lowest BCUT2D eigenvalue weighted by atomic mass is 10.0. The van der Waals surface area contributed by atoms with E-state index in [0.717, 1.165) is 19.3 Å². The summed E-state index contributed by atoms with van der Waals surface area (Å²) in [7, 11) is -3.64. The summed E-state index contributed by atoms with van der Waals surface area (Å²) < 4.78 is 28.8. The molecule has 7 heteroatoms. The minimum Gasteiger partial charge on any atom is -0.392 e. The third kappa shape index (κ3) is 3.30. The van der Waals surface area contributed by atoms with Crippen molar-refractivity contribution in [1.29, 1.82) is 0 Å². The SMILES string of the molecule is CC[C@H](C)n1cnc(S(=O)(=O)N2CCCC[C@@H]2[C@@H](C)O)c1. The van der Waals surface area contributed by atoms with Gasteiger partial charge >= 0.3 is 0 Å². The van der Waals surface area contributed by atoms with E-state index >= 15 is 0 Å². The van der Waals surface area contributed by atoms with Crippen molar-refractivity contribution in [2.75, 3.05) is 6.54 Å². The monoisotopic (exact) mass is 315 g/mol. The highest BCUT2D eigenvalue weighted by Gasteiger charge is 2.37. The number of rotatable bonds is 5. The van der Waals surface area contributed by atoms with E-state index in [9.17, 15) is 13.5 Å². The van der Waals surface area contributed by atoms with E-state index < -0.39 is 16.1 Å². The Hall–Kier alpha value is -0.920. The van der Waals surface area contributed by atoms with Gasteiger partial charge in [0.2, 0.25) is 0 Å². The van der Waals surface area contributed by atoms with Gasteiger partial charge in [-0.25, -0.2) is 13.4 Å². The number of hydrogen-bond acceptors (Lipinski definition) is 4. The largest absolute Gasteiger partial charge is 0.392 e. The minimum absolute atomic E-state index is 0.0790. The van der Waals surface area contributed by atoms with Crippen LogP contribution in [0.4, 0.5) is 0 Å². The van der Waals surface area contributed by atoms with E-state index in [2.05, 4.69) is 4.98 Å². The third-order valence-corrected chi connectivity index (χ3v) is 6.12. The van der Waals surface area contributed by atoms with Crippen molar-refractivity contribution in [3.63, 3.8) is 0 Å². The average Bonchev–Trinajstić information content (AvgIpc) is 2.97. The molecule has 1 aliphatic rings. The quantitative estimate of drug-likeness (QED) is 0.898. The van der Waals surface area contributed by atoms with Crippen molar-refractivity contribution < 1.29 is 13.5 Å². The Morgan fingerprint density at radius 3 is 2.76 bits per heavy atom. The molecule has 0 bridgehead atoms. The highest BCUT2D eigenvalue weighted by Crippen LogP contribution is 2.27. The van der Waals surface area contributed by atoms with Gasteiger partial charge in [0, 0.05) is 18.8 Å². The molecule has 6 nitrogen and oxygen atoms in total. The maximum atomic E-state index is 12.8. The predicted octanol–water partition coefficient (Wildman–Crippen LogP) is 1.78. The van der Waals surface area contributed by atoms with Crippen LogP contribution in [0.15, 0.2) is 17.6 Å². The van der Waals surface area contributed by atoms with Crippen LogP contribution in [0, 0.1) is 0 Å². The molecule has 0 aromatic carbocycles. The summed E-state index contributed by atoms with van der Waals surface area (Å²) in [6, 6.07) is -0.132. The minimum atomic E-state index is -3.64. The van der Waals surface area contributed by atoms with E-state index in [1.807, 2.05) is 18.4 Å². The summed E-state index contributed by atoms with van der Waals surface area (Å²) in [6.45, 7) is 6.18. The summed E-state index contributed by atoms with van der Waals surface area (Å²) in [5.74, 6) is 0. The first kappa shape index (κ1) is 16.5. The maximum absolute atomic E-state index is 12.8. The van der Waals surface area contributed by atoms with Gasteiger partial charge < -0.3 is 9.67 Å². The predicted molar refractivity (Wildman–Crippen MR) is 80.4 cm³/mol. The van der Waals surface area contributed by atoms with Gasteiger partial charge in [0.1, 0.15) is 0 Å². The van der Waals surface area contributed by atoms with Gasteiger partial charge in [0.15, 0.2) is 5.03 Å². The van der Waals surface area contributed by atoms with Crippen molar-refractivity contribution in [2.45, 2.75) is 69.7 Å². The zero-order valence-corrected chi connectivity index (χ0v) is 13.8. The summed E-state index contributed by atoms with van der Waals surface area (Å²) >= 11 is 0. The molecule has 21 heavy (non-hydrogen) atoms. The Morgan fingerprint density at radius 1 is 1.43 bits per heavy atom. The second-order valence-corrected chi connectivity index (χ2v) is 7.67. The molecular weight excluding hydrogens is 290 g/mol. The van der Waals surface area contributed by atoms with Crippen LogP contribution in [0.1, 0.15) is 52.5 Å². The zero-order chi connectivity index (χ0) is 15.6. The van der Waals surface area contributed by atoms with Crippen LogP contribution < -0.4 is 0 Å². The van der Waals surface area contributed by atoms with Crippen LogP contribution >= 0.6 is 0 Å². The number of aromatic nitrogens is 2. The molecule has 0 amide bonds. The van der Waals surface area contributed by atoms with Crippen molar-refractivity contribution in [3.8, 4) is 0 Å². The summed E-state index contributed by atoms with van der Waals surface area (Å²) in [5.41, 5.74) is 0. The molecule has 0 radical (unpaired) electrons. The molecule has 0 unspecified atom stereocenters. The highest BCUT2D eigenvalue weighted by molar-refractivity contribution is 7.89. The molecule has 0 saturated carbocycles. The van der Waals surface area contributed by atoms with Crippen molar-refractivity contribution in [3.05, 3.63) is 12.5 Å². The number of aliphatic hydroxyl groups excluding tert-OH is 1. The molecule has 0 spiro atoms. The van der Waals surface area contributed by atoms with E-state index in [1.54, 1.807) is 19.4 Å². The van der Waals surface area contributed by atoms with Gasteiger partial charge in [-0.1, -0.05) is 13.3 Å². The van der Waals surface area contributed by atoms with Crippen LogP contribution in [0.25, 0.3) is 0 Å². The van der Waals surface area contributed by atoms with Crippen LogP contribution in [-0.2, 0) is 10.0 Å². The fraction of sp³-hybridized carbons (Fsp3) is 0.786. The smallest absolute Gasteiger partial charge is 0.262 e. The van der Waals surface area contributed by atoms with Crippen LogP contribution in [0.5, 0.6) is 0 Å². The highest BCUT2D eigenvalue weighted by atomic mass is 32.2. The van der Waals surface area contributed by atoms with Crippen molar-refractivity contribution >= 4 is 10.0 Å². The Balaban J connectivity index is 2.29. The van der Waals surface area contributed by atoms with E-state index in [-0.39, 0.29) is 17.1 Å². The number of hydrogen-bond donors (Lipinski definition) is 1. The lowest BCUT2D eigenvalue weighted by Gasteiger charge is -2.35. The number of nitrogens with zero attached hydrogens (tertiary/aromatic N) is 3. The molecule has 1 N–H and O–H groups in total. The van der Waals surface area contributed by atoms with Gasteiger partial charge in [-0.3, -0.25) is 0 Å². The molecule has 2 heterocycles. The number of piperidine rings is 1. The topological polar surface area (TPSA) is 75.4 Å². The molecule has 1 fully saturated rings. The summed E-state index contributed by atoms with van der Waals surface area (Å²) in [5, 5.41) is 9.94. The number of aliphatic hydroxyl groups is 1. The Morgan fingerprint density at radius 2 is 2.14 bits per heavy atom. The summed E-state index contributed by atoms with van der Waals surface area (Å²) in [4.78, 5) is 4.08. The van der Waals surface area contributed by atoms with Crippen molar-refractivity contribution in [1.82, 2.24) is 13.9 Å². The first-order chi connectivity index (χ1) is 9.87. The Kier molecular flexibility index (Phi) is 5.06. The van der Waals surface area contributed by atoms with Gasteiger partial charge in [0.25, 0.3) is 10.0 Å². The average molecular weight is 315 g/mol. The number of imidazole rings is 1. The molecule has 1 saturated heterocycles. The standard InChI is InChI=1S/C14H25N3O3S/c1-4-11(2)16-9-14(15-10-16)21(19,20)17-8-6-5-7-13(17)12(3)18/h9-13,18H,4-8H2,1-3H3/t11-,12+,13+/m0/s1. The van der Waals surface area contributed by atoms with Gasteiger partial charge in [0.05, 0.1) is 18.5 Å². The molecule has 2 rings (SSSR count). The van der Waals surface area contributed by atoms with E-state index in [0.29, 0.717) is 13.0 Å². The second-order valence-electron chi connectivity index (χ2n) is 5.84. The first-order valence-corrected chi connectivity index (χ1v) is 9.05. The van der Waals surface area contributed by atoms with Crippen LogP contribution in [0.3, 0.4) is 0 Å².